The van der Waals surface area contributed by atoms with Crippen molar-refractivity contribution < 1.29 is 14.0 Å². The molecule has 0 aliphatic carbocycles. The maximum atomic E-state index is 11.7. The quantitative estimate of drug-likeness (QED) is 0.540. The highest BCUT2D eigenvalue weighted by Crippen LogP contribution is 1.94. The fraction of sp³-hybridized carbons (Fsp3) is 1.00. The second-order valence-corrected chi connectivity index (χ2v) is 2.80. The van der Waals surface area contributed by atoms with E-state index in [2.05, 4.69) is 0 Å². The van der Waals surface area contributed by atoms with E-state index < -0.39 is 0 Å². The van der Waals surface area contributed by atoms with E-state index >= 15 is 0 Å². The predicted molar refractivity (Wildman–Crippen MR) is 34.9 cm³/mol. The Labute approximate surface area is 55.5 Å². The summed E-state index contributed by atoms with van der Waals surface area (Å²) < 4.78 is 12.3. The van der Waals surface area contributed by atoms with E-state index in [1.165, 1.54) is 0 Å². The Hall–Kier alpha value is -0.150. The van der Waals surface area contributed by atoms with Crippen LogP contribution in [0.3, 0.4) is 0 Å². The zero-order valence-electron chi connectivity index (χ0n) is 6.10. The first-order valence-corrected chi connectivity index (χ1v) is 3.11. The highest BCUT2D eigenvalue weighted by atomic mass is 19.1. The number of quaternary nitrogens is 1. The summed E-state index contributed by atoms with van der Waals surface area (Å²) >= 11 is 0. The van der Waals surface area contributed by atoms with Crippen molar-refractivity contribution in [3.8, 4) is 0 Å². The standard InChI is InChI=1S/C6H15FNO/c1-8(2,4-3-7)5-6-9/h9H,3-6H2,1-2H3/q+1. The van der Waals surface area contributed by atoms with Gasteiger partial charge in [-0.2, -0.15) is 0 Å². The average Bonchev–Trinajstić information content (AvgIpc) is 1.64. The number of alkyl halides is 1. The Morgan fingerprint density at radius 1 is 1.33 bits per heavy atom. The topological polar surface area (TPSA) is 20.2 Å². The molecular formula is C6H15FNO+. The summed E-state index contributed by atoms with van der Waals surface area (Å²) in [4.78, 5) is 0. The number of aliphatic hydroxyl groups excluding tert-OH is 1. The zero-order chi connectivity index (χ0) is 7.33. The Bertz CT molecular complexity index is 67.5. The molecule has 2 nitrogen and oxygen atoms in total. The molecule has 0 spiro atoms. The lowest BCUT2D eigenvalue weighted by atomic mass is 10.4. The molecule has 0 amide bonds. The molecular weight excluding hydrogens is 121 g/mol. The van der Waals surface area contributed by atoms with E-state index in [0.29, 0.717) is 17.6 Å². The lowest BCUT2D eigenvalue weighted by molar-refractivity contribution is -0.890. The first kappa shape index (κ1) is 8.85. The molecule has 0 aromatic carbocycles. The fourth-order valence-corrected chi connectivity index (χ4v) is 0.611. The normalized spacial score (nSPS) is 12.0. The van der Waals surface area contributed by atoms with Gasteiger partial charge in [0.15, 0.2) is 0 Å². The monoisotopic (exact) mass is 136 g/mol. The highest BCUT2D eigenvalue weighted by Gasteiger charge is 2.11. The van der Waals surface area contributed by atoms with Crippen molar-refractivity contribution in [3.63, 3.8) is 0 Å². The van der Waals surface area contributed by atoms with Gasteiger partial charge in [-0.25, -0.2) is 4.39 Å². The van der Waals surface area contributed by atoms with Crippen LogP contribution in [-0.4, -0.2) is 50.1 Å². The molecule has 0 aromatic heterocycles. The van der Waals surface area contributed by atoms with E-state index in [1.807, 2.05) is 14.1 Å². The van der Waals surface area contributed by atoms with Crippen molar-refractivity contribution in [2.45, 2.75) is 0 Å². The number of likely N-dealkylation sites (N-methyl/N-ethyl adjacent to an activating group) is 1. The van der Waals surface area contributed by atoms with Gasteiger partial charge in [0.05, 0.1) is 20.7 Å². The van der Waals surface area contributed by atoms with Gasteiger partial charge in [-0.1, -0.05) is 0 Å². The predicted octanol–water partition coefficient (Wildman–Crippen LogP) is 0.0246. The summed E-state index contributed by atoms with van der Waals surface area (Å²) in [5, 5.41) is 8.49. The SMILES string of the molecule is C[N+](C)(CCO)CCF. The maximum Gasteiger partial charge on any atom is 0.138 e. The molecule has 0 heterocycles. The van der Waals surface area contributed by atoms with E-state index in [-0.39, 0.29) is 13.3 Å². The van der Waals surface area contributed by atoms with Crippen LogP contribution >= 0.6 is 0 Å². The molecule has 0 bridgehead atoms. The maximum absolute atomic E-state index is 11.7. The lowest BCUT2D eigenvalue weighted by Gasteiger charge is -2.27. The molecule has 0 unspecified atom stereocenters. The third kappa shape index (κ3) is 4.36. The first-order valence-electron chi connectivity index (χ1n) is 3.11. The van der Waals surface area contributed by atoms with E-state index in [0.717, 1.165) is 0 Å². The second kappa shape index (κ2) is 3.80. The van der Waals surface area contributed by atoms with Gasteiger partial charge in [0, 0.05) is 0 Å². The van der Waals surface area contributed by atoms with Crippen molar-refractivity contribution in [1.29, 1.82) is 0 Å². The molecule has 0 radical (unpaired) electrons. The summed E-state index contributed by atoms with van der Waals surface area (Å²) in [5.74, 6) is 0. The molecule has 3 heteroatoms. The number of halogens is 1. The minimum Gasteiger partial charge on any atom is -0.391 e. The van der Waals surface area contributed by atoms with Gasteiger partial charge >= 0.3 is 0 Å². The summed E-state index contributed by atoms with van der Waals surface area (Å²) in [6.07, 6.45) is 0. The summed E-state index contributed by atoms with van der Waals surface area (Å²) in [6, 6.07) is 0. The summed E-state index contributed by atoms with van der Waals surface area (Å²) in [5.41, 5.74) is 0. The van der Waals surface area contributed by atoms with E-state index in [4.69, 9.17) is 5.11 Å². The van der Waals surface area contributed by atoms with Gasteiger partial charge in [-0.3, -0.25) is 0 Å². The minimum atomic E-state index is -0.312. The Morgan fingerprint density at radius 2 is 1.89 bits per heavy atom. The highest BCUT2D eigenvalue weighted by molar-refractivity contribution is 4.30. The van der Waals surface area contributed by atoms with Gasteiger partial charge in [-0.05, 0) is 0 Å². The van der Waals surface area contributed by atoms with Crippen LogP contribution in [0, 0.1) is 0 Å². The van der Waals surface area contributed by atoms with Crippen molar-refractivity contribution in [2.75, 3.05) is 40.5 Å². The molecule has 0 aliphatic heterocycles. The second-order valence-electron chi connectivity index (χ2n) is 2.80. The summed E-state index contributed by atoms with van der Waals surface area (Å²) in [6.45, 7) is 0.935. The number of hydrogen-bond acceptors (Lipinski definition) is 1. The molecule has 56 valence electrons. The number of hydrogen-bond donors (Lipinski definition) is 1. The smallest absolute Gasteiger partial charge is 0.138 e. The third-order valence-corrected chi connectivity index (χ3v) is 1.40. The largest absolute Gasteiger partial charge is 0.391 e. The van der Waals surface area contributed by atoms with Crippen LogP contribution in [0.2, 0.25) is 0 Å². The number of aliphatic hydroxyl groups is 1. The van der Waals surface area contributed by atoms with Gasteiger partial charge < -0.3 is 9.59 Å². The molecule has 1 N–H and O–H groups in total. The van der Waals surface area contributed by atoms with E-state index in [9.17, 15) is 4.39 Å². The van der Waals surface area contributed by atoms with Gasteiger partial charge in [0.2, 0.25) is 0 Å². The molecule has 0 atom stereocenters. The molecule has 0 saturated heterocycles. The van der Waals surface area contributed by atoms with Crippen LogP contribution in [0.25, 0.3) is 0 Å². The molecule has 0 fully saturated rings. The lowest BCUT2D eigenvalue weighted by Crippen LogP contribution is -2.43. The molecule has 0 rings (SSSR count). The average molecular weight is 136 g/mol. The van der Waals surface area contributed by atoms with Crippen molar-refractivity contribution in [3.05, 3.63) is 0 Å². The zero-order valence-corrected chi connectivity index (χ0v) is 6.10. The molecule has 0 saturated carbocycles. The molecule has 0 aliphatic rings. The van der Waals surface area contributed by atoms with Crippen molar-refractivity contribution in [2.24, 2.45) is 0 Å². The first-order chi connectivity index (χ1) is 4.12. The van der Waals surface area contributed by atoms with Gasteiger partial charge in [0.25, 0.3) is 0 Å². The van der Waals surface area contributed by atoms with Crippen molar-refractivity contribution >= 4 is 0 Å². The Kier molecular flexibility index (Phi) is 3.73. The van der Waals surface area contributed by atoms with Crippen LogP contribution in [-0.2, 0) is 0 Å². The van der Waals surface area contributed by atoms with Gasteiger partial charge in [-0.15, -0.1) is 0 Å². The molecule has 0 aromatic rings. The third-order valence-electron chi connectivity index (χ3n) is 1.40. The molecule has 9 heavy (non-hydrogen) atoms. The van der Waals surface area contributed by atoms with E-state index in [1.54, 1.807) is 0 Å². The number of nitrogens with zero attached hydrogens (tertiary/aromatic N) is 1. The summed E-state index contributed by atoms with van der Waals surface area (Å²) in [7, 11) is 3.80. The van der Waals surface area contributed by atoms with Crippen LogP contribution in [0.15, 0.2) is 0 Å². The Balaban J connectivity index is 3.43. The van der Waals surface area contributed by atoms with Crippen LogP contribution in [0.5, 0.6) is 0 Å². The van der Waals surface area contributed by atoms with Crippen LogP contribution in [0.4, 0.5) is 4.39 Å². The minimum absolute atomic E-state index is 0.132. The Morgan fingerprint density at radius 3 is 2.22 bits per heavy atom. The van der Waals surface area contributed by atoms with Crippen molar-refractivity contribution in [1.82, 2.24) is 0 Å². The van der Waals surface area contributed by atoms with Crippen LogP contribution < -0.4 is 0 Å². The number of rotatable bonds is 4. The fourth-order valence-electron chi connectivity index (χ4n) is 0.611. The van der Waals surface area contributed by atoms with Crippen LogP contribution in [0.1, 0.15) is 0 Å². The van der Waals surface area contributed by atoms with Gasteiger partial charge in [0.1, 0.15) is 19.8 Å².